The fraction of sp³-hybridized carbons (Fsp3) is 0.636. The molecule has 0 aliphatic carbocycles. The van der Waals surface area contributed by atoms with Gasteiger partial charge in [0, 0.05) is 19.1 Å². The van der Waals surface area contributed by atoms with E-state index in [1.165, 1.54) is 6.33 Å². The average Bonchev–Trinajstić information content (AvgIpc) is 2.24. The number of ether oxygens (including phenoxy) is 2. The number of methoxy groups -OCH3 is 1. The van der Waals surface area contributed by atoms with E-state index in [0.717, 1.165) is 11.3 Å². The van der Waals surface area contributed by atoms with Gasteiger partial charge in [-0.15, -0.1) is 11.6 Å². The van der Waals surface area contributed by atoms with Gasteiger partial charge < -0.3 is 9.47 Å². The summed E-state index contributed by atoms with van der Waals surface area (Å²) in [6, 6.07) is 0. The van der Waals surface area contributed by atoms with Crippen LogP contribution in [0, 0.1) is 6.92 Å². The van der Waals surface area contributed by atoms with Crippen LogP contribution in [-0.2, 0) is 11.2 Å². The molecule has 90 valence electrons. The zero-order valence-corrected chi connectivity index (χ0v) is 10.6. The third-order valence-electron chi connectivity index (χ3n) is 2.19. The van der Waals surface area contributed by atoms with Crippen LogP contribution in [0.25, 0.3) is 0 Å². The van der Waals surface area contributed by atoms with Crippen molar-refractivity contribution in [2.45, 2.75) is 25.6 Å². The SMILES string of the molecule is CCOc1ncnc(CC(Cl)COC)c1C. The van der Waals surface area contributed by atoms with E-state index in [-0.39, 0.29) is 5.38 Å². The predicted molar refractivity (Wildman–Crippen MR) is 63.2 cm³/mol. The van der Waals surface area contributed by atoms with E-state index in [1.807, 2.05) is 13.8 Å². The second kappa shape index (κ2) is 6.66. The van der Waals surface area contributed by atoms with Crippen LogP contribution >= 0.6 is 11.6 Å². The van der Waals surface area contributed by atoms with Gasteiger partial charge in [0.1, 0.15) is 6.33 Å². The monoisotopic (exact) mass is 244 g/mol. The Hall–Kier alpha value is -0.870. The van der Waals surface area contributed by atoms with Gasteiger partial charge in [0.05, 0.1) is 24.3 Å². The molecule has 1 atom stereocenters. The van der Waals surface area contributed by atoms with Gasteiger partial charge in [0.15, 0.2) is 0 Å². The number of halogens is 1. The van der Waals surface area contributed by atoms with E-state index < -0.39 is 0 Å². The molecule has 1 rings (SSSR count). The fourth-order valence-electron chi connectivity index (χ4n) is 1.41. The van der Waals surface area contributed by atoms with Crippen molar-refractivity contribution in [2.24, 2.45) is 0 Å². The molecule has 5 heteroatoms. The van der Waals surface area contributed by atoms with Crippen LogP contribution < -0.4 is 4.74 Å². The first-order valence-electron chi connectivity index (χ1n) is 5.25. The Labute approximate surface area is 101 Å². The largest absolute Gasteiger partial charge is 0.478 e. The number of hydrogen-bond acceptors (Lipinski definition) is 4. The van der Waals surface area contributed by atoms with Gasteiger partial charge in [-0.3, -0.25) is 0 Å². The highest BCUT2D eigenvalue weighted by atomic mass is 35.5. The van der Waals surface area contributed by atoms with Crippen molar-refractivity contribution in [3.8, 4) is 5.88 Å². The Morgan fingerprint density at radius 1 is 1.44 bits per heavy atom. The Balaban J connectivity index is 2.76. The number of alkyl halides is 1. The molecule has 0 radical (unpaired) electrons. The van der Waals surface area contributed by atoms with Crippen molar-refractivity contribution in [3.63, 3.8) is 0 Å². The highest BCUT2D eigenvalue weighted by Gasteiger charge is 2.12. The van der Waals surface area contributed by atoms with E-state index in [4.69, 9.17) is 21.1 Å². The van der Waals surface area contributed by atoms with E-state index in [1.54, 1.807) is 7.11 Å². The third kappa shape index (κ3) is 3.61. The molecule has 0 fully saturated rings. The Bertz CT molecular complexity index is 334. The highest BCUT2D eigenvalue weighted by Crippen LogP contribution is 2.18. The van der Waals surface area contributed by atoms with Crippen molar-refractivity contribution >= 4 is 11.6 Å². The number of aromatic nitrogens is 2. The Morgan fingerprint density at radius 3 is 2.81 bits per heavy atom. The maximum atomic E-state index is 6.09. The molecule has 0 spiro atoms. The van der Waals surface area contributed by atoms with Crippen LogP contribution in [0.5, 0.6) is 5.88 Å². The summed E-state index contributed by atoms with van der Waals surface area (Å²) in [5.74, 6) is 0.633. The van der Waals surface area contributed by atoms with Crippen molar-refractivity contribution in [2.75, 3.05) is 20.3 Å². The van der Waals surface area contributed by atoms with Crippen molar-refractivity contribution in [3.05, 3.63) is 17.6 Å². The van der Waals surface area contributed by atoms with Crippen molar-refractivity contribution in [1.29, 1.82) is 0 Å². The summed E-state index contributed by atoms with van der Waals surface area (Å²) in [4.78, 5) is 8.29. The zero-order chi connectivity index (χ0) is 12.0. The lowest BCUT2D eigenvalue weighted by atomic mass is 10.1. The van der Waals surface area contributed by atoms with E-state index in [2.05, 4.69) is 9.97 Å². The topological polar surface area (TPSA) is 44.2 Å². The summed E-state index contributed by atoms with van der Waals surface area (Å²) in [5, 5.41) is -0.0759. The zero-order valence-electron chi connectivity index (χ0n) is 9.86. The van der Waals surface area contributed by atoms with Gasteiger partial charge in [-0.1, -0.05) is 0 Å². The van der Waals surface area contributed by atoms with Crippen molar-refractivity contribution in [1.82, 2.24) is 9.97 Å². The van der Waals surface area contributed by atoms with Crippen LogP contribution in [0.15, 0.2) is 6.33 Å². The highest BCUT2D eigenvalue weighted by molar-refractivity contribution is 6.20. The maximum absolute atomic E-state index is 6.09. The smallest absolute Gasteiger partial charge is 0.219 e. The van der Waals surface area contributed by atoms with Crippen LogP contribution in [0.2, 0.25) is 0 Å². The number of nitrogens with zero attached hydrogens (tertiary/aromatic N) is 2. The lowest BCUT2D eigenvalue weighted by Gasteiger charge is -2.12. The lowest BCUT2D eigenvalue weighted by molar-refractivity contribution is 0.197. The first-order valence-corrected chi connectivity index (χ1v) is 5.69. The molecule has 1 aromatic heterocycles. The third-order valence-corrected chi connectivity index (χ3v) is 2.47. The summed E-state index contributed by atoms with van der Waals surface area (Å²) >= 11 is 6.09. The van der Waals surface area contributed by atoms with E-state index in [0.29, 0.717) is 25.5 Å². The minimum absolute atomic E-state index is 0.0759. The molecule has 0 saturated heterocycles. The molecule has 0 N–H and O–H groups in total. The summed E-state index contributed by atoms with van der Waals surface area (Å²) in [6.45, 7) is 4.97. The molecule has 0 amide bonds. The number of hydrogen-bond donors (Lipinski definition) is 0. The predicted octanol–water partition coefficient (Wildman–Crippen LogP) is 1.98. The molecule has 0 aliphatic heterocycles. The van der Waals surface area contributed by atoms with Crippen molar-refractivity contribution < 1.29 is 9.47 Å². The molecule has 0 saturated carbocycles. The molecular formula is C11H17ClN2O2. The van der Waals surface area contributed by atoms with Crippen LogP contribution in [-0.4, -0.2) is 35.7 Å². The molecule has 16 heavy (non-hydrogen) atoms. The standard InChI is InChI=1S/C11H17ClN2O2/c1-4-16-11-8(2)10(13-7-14-11)5-9(12)6-15-3/h7,9H,4-6H2,1-3H3. The van der Waals surface area contributed by atoms with Gasteiger partial charge in [-0.05, 0) is 13.8 Å². The molecule has 1 unspecified atom stereocenters. The minimum atomic E-state index is -0.0759. The molecule has 0 bridgehead atoms. The second-order valence-electron chi connectivity index (χ2n) is 3.44. The van der Waals surface area contributed by atoms with Gasteiger partial charge in [-0.2, -0.15) is 0 Å². The molecular weight excluding hydrogens is 228 g/mol. The van der Waals surface area contributed by atoms with Crippen LogP contribution in [0.4, 0.5) is 0 Å². The summed E-state index contributed by atoms with van der Waals surface area (Å²) in [5.41, 5.74) is 1.86. The van der Waals surface area contributed by atoms with Crippen LogP contribution in [0.3, 0.4) is 0 Å². The number of rotatable bonds is 6. The minimum Gasteiger partial charge on any atom is -0.478 e. The Morgan fingerprint density at radius 2 is 2.19 bits per heavy atom. The van der Waals surface area contributed by atoms with Gasteiger partial charge in [-0.25, -0.2) is 9.97 Å². The molecule has 4 nitrogen and oxygen atoms in total. The van der Waals surface area contributed by atoms with Gasteiger partial charge in [0.2, 0.25) is 5.88 Å². The lowest BCUT2D eigenvalue weighted by Crippen LogP contribution is -2.13. The summed E-state index contributed by atoms with van der Waals surface area (Å²) in [6.07, 6.45) is 2.16. The molecule has 1 aromatic rings. The first-order chi connectivity index (χ1) is 7.69. The van der Waals surface area contributed by atoms with Gasteiger partial charge >= 0.3 is 0 Å². The maximum Gasteiger partial charge on any atom is 0.219 e. The molecule has 0 aromatic carbocycles. The quantitative estimate of drug-likeness (QED) is 0.718. The van der Waals surface area contributed by atoms with E-state index in [9.17, 15) is 0 Å². The second-order valence-corrected chi connectivity index (χ2v) is 4.06. The molecule has 1 heterocycles. The average molecular weight is 245 g/mol. The van der Waals surface area contributed by atoms with Crippen LogP contribution in [0.1, 0.15) is 18.2 Å². The summed E-state index contributed by atoms with van der Waals surface area (Å²) < 4.78 is 10.4. The normalized spacial score (nSPS) is 12.5. The first kappa shape index (κ1) is 13.2. The molecule has 0 aliphatic rings. The fourth-order valence-corrected chi connectivity index (χ4v) is 1.68. The van der Waals surface area contributed by atoms with E-state index >= 15 is 0 Å². The Kier molecular flexibility index (Phi) is 5.49. The summed E-state index contributed by atoms with van der Waals surface area (Å²) in [7, 11) is 1.63. The van der Waals surface area contributed by atoms with Gasteiger partial charge in [0.25, 0.3) is 0 Å².